The number of hydrogen-bond acceptors (Lipinski definition) is 3. The molecule has 0 saturated carbocycles. The highest BCUT2D eigenvalue weighted by Crippen LogP contribution is 2.23. The van der Waals surface area contributed by atoms with E-state index in [-0.39, 0.29) is 37.0 Å². The zero-order valence-electron chi connectivity index (χ0n) is 14.1. The van der Waals surface area contributed by atoms with Crippen molar-refractivity contribution in [2.45, 2.75) is 26.1 Å². The topological polar surface area (TPSA) is 64.4 Å². The molecule has 0 heterocycles. The molecule has 0 saturated heterocycles. The van der Waals surface area contributed by atoms with Gasteiger partial charge in [-0.05, 0) is 36.2 Å². The Kier molecular flexibility index (Phi) is 7.76. The molecule has 0 spiro atoms. The highest BCUT2D eigenvalue weighted by molar-refractivity contribution is 5.85. The highest BCUT2D eigenvalue weighted by Gasteiger charge is 2.28. The average molecular weight is 389 g/mol. The molecule has 2 aromatic carbocycles. The second-order valence-corrected chi connectivity index (χ2v) is 5.71. The van der Waals surface area contributed by atoms with Crippen LogP contribution in [0.4, 0.5) is 18.9 Å². The number of nitrogens with one attached hydrogen (secondary N) is 1. The second kappa shape index (κ2) is 9.33. The lowest BCUT2D eigenvalue weighted by Crippen LogP contribution is -2.25. The van der Waals surface area contributed by atoms with E-state index < -0.39 is 12.8 Å². The Hall–Kier alpha value is -2.41. The smallest absolute Gasteiger partial charge is 0.422 e. The van der Waals surface area contributed by atoms with Crippen LogP contribution in [0.15, 0.2) is 42.5 Å². The summed E-state index contributed by atoms with van der Waals surface area (Å²) in [6, 6.07) is 11.8. The van der Waals surface area contributed by atoms with Gasteiger partial charge in [-0.25, -0.2) is 0 Å². The van der Waals surface area contributed by atoms with Gasteiger partial charge in [-0.15, -0.1) is 12.4 Å². The zero-order valence-corrected chi connectivity index (χ0v) is 14.9. The quantitative estimate of drug-likeness (QED) is 0.740. The summed E-state index contributed by atoms with van der Waals surface area (Å²) in [5, 5.41) is 2.69. The fourth-order valence-corrected chi connectivity index (χ4v) is 2.18. The molecule has 142 valence electrons. The lowest BCUT2D eigenvalue weighted by atomic mass is 10.1. The molecule has 0 radical (unpaired) electrons. The number of ether oxygens (including phenoxy) is 1. The predicted molar refractivity (Wildman–Crippen MR) is 96.4 cm³/mol. The Morgan fingerprint density at radius 2 is 1.81 bits per heavy atom. The van der Waals surface area contributed by atoms with E-state index in [1.165, 1.54) is 6.07 Å². The number of benzene rings is 2. The molecular weight excluding hydrogens is 369 g/mol. The molecule has 0 atom stereocenters. The number of halogens is 4. The van der Waals surface area contributed by atoms with Crippen molar-refractivity contribution in [3.63, 3.8) is 0 Å². The molecule has 0 aliphatic carbocycles. The number of nitrogens with two attached hydrogens (primary N) is 1. The van der Waals surface area contributed by atoms with E-state index in [0.29, 0.717) is 11.3 Å². The third kappa shape index (κ3) is 7.23. The van der Waals surface area contributed by atoms with Gasteiger partial charge in [0, 0.05) is 17.8 Å². The average Bonchev–Trinajstić information content (AvgIpc) is 2.53. The maximum absolute atomic E-state index is 12.4. The summed E-state index contributed by atoms with van der Waals surface area (Å²) in [4.78, 5) is 12.0. The molecule has 4 nitrogen and oxygen atoms in total. The summed E-state index contributed by atoms with van der Waals surface area (Å²) < 4.78 is 41.9. The molecule has 0 fully saturated rings. The van der Waals surface area contributed by atoms with Crippen molar-refractivity contribution in [2.75, 3.05) is 12.3 Å². The Morgan fingerprint density at radius 3 is 2.42 bits per heavy atom. The number of hydrogen-bond donors (Lipinski definition) is 2. The molecule has 1 amide bonds. The number of carbonyl (C=O) groups is 1. The molecule has 26 heavy (non-hydrogen) atoms. The van der Waals surface area contributed by atoms with Crippen LogP contribution < -0.4 is 15.8 Å². The van der Waals surface area contributed by atoms with Crippen molar-refractivity contribution in [3.8, 4) is 5.75 Å². The first-order valence-corrected chi connectivity index (χ1v) is 7.63. The van der Waals surface area contributed by atoms with Crippen LogP contribution in [0, 0.1) is 6.92 Å². The third-order valence-electron chi connectivity index (χ3n) is 3.43. The van der Waals surface area contributed by atoms with E-state index in [4.69, 9.17) is 10.5 Å². The van der Waals surface area contributed by atoms with Crippen LogP contribution in [0.25, 0.3) is 0 Å². The van der Waals surface area contributed by atoms with Crippen LogP contribution in [0.3, 0.4) is 0 Å². The van der Waals surface area contributed by atoms with Crippen LogP contribution in [0.1, 0.15) is 16.7 Å². The van der Waals surface area contributed by atoms with Gasteiger partial charge in [-0.3, -0.25) is 4.79 Å². The number of amides is 1. The van der Waals surface area contributed by atoms with Gasteiger partial charge in [0.15, 0.2) is 6.61 Å². The number of carbonyl (C=O) groups excluding carboxylic acids is 1. The van der Waals surface area contributed by atoms with Crippen molar-refractivity contribution in [3.05, 3.63) is 59.2 Å². The van der Waals surface area contributed by atoms with Crippen molar-refractivity contribution < 1.29 is 22.7 Å². The van der Waals surface area contributed by atoms with Gasteiger partial charge < -0.3 is 15.8 Å². The third-order valence-corrected chi connectivity index (χ3v) is 3.43. The molecule has 3 N–H and O–H groups in total. The molecule has 8 heteroatoms. The Bertz CT molecular complexity index is 734. The Labute approximate surface area is 155 Å². The predicted octanol–water partition coefficient (Wildman–Crippen LogP) is 3.80. The molecule has 0 bridgehead atoms. The van der Waals surface area contributed by atoms with E-state index in [1.54, 1.807) is 43.3 Å². The fraction of sp³-hybridized carbons (Fsp3) is 0.278. The minimum atomic E-state index is -4.42. The minimum Gasteiger partial charge on any atom is -0.484 e. The number of nitrogen functional groups attached to an aromatic ring is 1. The van der Waals surface area contributed by atoms with Crippen molar-refractivity contribution >= 4 is 24.0 Å². The van der Waals surface area contributed by atoms with Gasteiger partial charge in [-0.2, -0.15) is 13.2 Å². The lowest BCUT2D eigenvalue weighted by molar-refractivity contribution is -0.153. The number of anilines is 1. The monoisotopic (exact) mass is 388 g/mol. The van der Waals surface area contributed by atoms with Crippen LogP contribution in [-0.2, 0) is 17.8 Å². The molecule has 2 rings (SSSR count). The first-order valence-electron chi connectivity index (χ1n) is 7.63. The maximum Gasteiger partial charge on any atom is 0.422 e. The number of rotatable bonds is 6. The first kappa shape index (κ1) is 21.6. The molecular formula is C18H20ClF3N2O2. The summed E-state index contributed by atoms with van der Waals surface area (Å²) in [6.07, 6.45) is -4.26. The summed E-state index contributed by atoms with van der Waals surface area (Å²) in [7, 11) is 0. The fourth-order valence-electron chi connectivity index (χ4n) is 2.18. The van der Waals surface area contributed by atoms with E-state index in [2.05, 4.69) is 5.32 Å². The van der Waals surface area contributed by atoms with Gasteiger partial charge in [0.2, 0.25) is 5.91 Å². The van der Waals surface area contributed by atoms with E-state index in [0.717, 1.165) is 11.1 Å². The van der Waals surface area contributed by atoms with Crippen LogP contribution in [0.2, 0.25) is 0 Å². The number of alkyl halides is 3. The Morgan fingerprint density at radius 1 is 1.15 bits per heavy atom. The van der Waals surface area contributed by atoms with E-state index in [9.17, 15) is 18.0 Å². The van der Waals surface area contributed by atoms with Crippen LogP contribution in [-0.4, -0.2) is 18.7 Å². The summed E-state index contributed by atoms with van der Waals surface area (Å²) in [5.41, 5.74) is 8.25. The van der Waals surface area contributed by atoms with Crippen LogP contribution >= 0.6 is 12.4 Å². The largest absolute Gasteiger partial charge is 0.484 e. The van der Waals surface area contributed by atoms with Gasteiger partial charge in [0.05, 0.1) is 6.42 Å². The molecule has 0 aliphatic heterocycles. The van der Waals surface area contributed by atoms with Crippen molar-refractivity contribution in [1.29, 1.82) is 0 Å². The van der Waals surface area contributed by atoms with Gasteiger partial charge in [-0.1, -0.05) is 24.3 Å². The van der Waals surface area contributed by atoms with Gasteiger partial charge in [0.25, 0.3) is 0 Å². The molecule has 0 aromatic heterocycles. The van der Waals surface area contributed by atoms with E-state index in [1.807, 2.05) is 0 Å². The van der Waals surface area contributed by atoms with E-state index >= 15 is 0 Å². The molecule has 0 aliphatic rings. The van der Waals surface area contributed by atoms with Gasteiger partial charge in [0.1, 0.15) is 5.75 Å². The zero-order chi connectivity index (χ0) is 18.4. The molecule has 2 aromatic rings. The van der Waals surface area contributed by atoms with Crippen molar-refractivity contribution in [1.82, 2.24) is 5.32 Å². The lowest BCUT2D eigenvalue weighted by Gasteiger charge is -2.14. The highest BCUT2D eigenvalue weighted by atomic mass is 35.5. The SMILES string of the molecule is Cc1ccc(CNC(=O)Cc2ccc(N)cc2)c(OCC(F)(F)F)c1.Cl. The molecule has 0 unspecified atom stereocenters. The summed E-state index contributed by atoms with van der Waals surface area (Å²) in [6.45, 7) is 0.466. The van der Waals surface area contributed by atoms with Crippen molar-refractivity contribution in [2.24, 2.45) is 0 Å². The van der Waals surface area contributed by atoms with Crippen LogP contribution in [0.5, 0.6) is 5.75 Å². The summed E-state index contributed by atoms with van der Waals surface area (Å²) >= 11 is 0. The second-order valence-electron chi connectivity index (χ2n) is 5.71. The summed E-state index contributed by atoms with van der Waals surface area (Å²) in [5.74, 6) is -0.128. The Balaban J connectivity index is 0.00000338. The normalized spacial score (nSPS) is 10.8. The maximum atomic E-state index is 12.4. The number of aryl methyl sites for hydroxylation is 1. The minimum absolute atomic E-state index is 0. The van der Waals surface area contributed by atoms with Gasteiger partial charge >= 0.3 is 6.18 Å². The standard InChI is InChI=1S/C18H19F3N2O2.ClH/c1-12-2-5-14(16(8-12)25-11-18(19,20)21)10-23-17(24)9-13-3-6-15(22)7-4-13;/h2-8H,9-11,22H2,1H3,(H,23,24);1H. The first-order chi connectivity index (χ1) is 11.7.